The van der Waals surface area contributed by atoms with E-state index in [1.165, 1.54) is 10.9 Å². The highest BCUT2D eigenvalue weighted by Gasteiger charge is 2.44. The number of alkyl carbamates (subject to hydrolysis) is 1. The summed E-state index contributed by atoms with van der Waals surface area (Å²) in [6.07, 6.45) is 2.81. The molecule has 0 unspecified atom stereocenters. The van der Waals surface area contributed by atoms with Crippen molar-refractivity contribution in [1.29, 1.82) is 0 Å². The number of piperidine rings is 1. The van der Waals surface area contributed by atoms with Gasteiger partial charge in [0.25, 0.3) is 5.56 Å². The Bertz CT molecular complexity index is 925. The molecule has 2 amide bonds. The Kier molecular flexibility index (Phi) is 4.10. The number of hydrogen-bond donors (Lipinski definition) is 1. The highest BCUT2D eigenvalue weighted by Crippen LogP contribution is 2.28. The highest BCUT2D eigenvalue weighted by molar-refractivity contribution is 5.78. The normalized spacial score (nSPS) is 22.5. The second kappa shape index (κ2) is 6.44. The molecule has 8 nitrogen and oxygen atoms in total. The zero-order chi connectivity index (χ0) is 18.1. The fourth-order valence-corrected chi connectivity index (χ4v) is 3.68. The van der Waals surface area contributed by atoms with Crippen molar-refractivity contribution < 1.29 is 14.3 Å². The molecule has 136 valence electrons. The Morgan fingerprint density at radius 2 is 2.15 bits per heavy atom. The fourth-order valence-electron chi connectivity index (χ4n) is 3.68. The maximum absolute atomic E-state index is 12.6. The minimum Gasteiger partial charge on any atom is -0.439 e. The Morgan fingerprint density at radius 1 is 1.31 bits per heavy atom. The van der Waals surface area contributed by atoms with Crippen LogP contribution in [0.5, 0.6) is 0 Å². The minimum absolute atomic E-state index is 0.0490. The third-order valence-corrected chi connectivity index (χ3v) is 5.05. The van der Waals surface area contributed by atoms with Gasteiger partial charge in [0, 0.05) is 19.5 Å². The molecule has 1 aromatic heterocycles. The molecule has 26 heavy (non-hydrogen) atoms. The Labute approximate surface area is 149 Å². The summed E-state index contributed by atoms with van der Waals surface area (Å²) in [5.41, 5.74) is -0.104. The molecule has 2 aliphatic heterocycles. The van der Waals surface area contributed by atoms with E-state index in [1.54, 1.807) is 23.1 Å². The van der Waals surface area contributed by atoms with E-state index in [1.807, 2.05) is 6.07 Å². The lowest BCUT2D eigenvalue weighted by molar-refractivity contribution is -0.137. The monoisotopic (exact) mass is 356 g/mol. The predicted octanol–water partition coefficient (Wildman–Crippen LogP) is 0.888. The average Bonchev–Trinajstić information content (AvgIpc) is 3.01. The summed E-state index contributed by atoms with van der Waals surface area (Å²) in [5, 5.41) is 3.21. The van der Waals surface area contributed by atoms with Gasteiger partial charge >= 0.3 is 6.09 Å². The number of amides is 2. The number of nitrogens with zero attached hydrogens (tertiary/aromatic N) is 3. The van der Waals surface area contributed by atoms with Crippen LogP contribution in [0.25, 0.3) is 10.9 Å². The van der Waals surface area contributed by atoms with Crippen molar-refractivity contribution in [2.24, 2.45) is 0 Å². The topological polar surface area (TPSA) is 93.5 Å². The van der Waals surface area contributed by atoms with Gasteiger partial charge in [-0.3, -0.25) is 14.2 Å². The van der Waals surface area contributed by atoms with Crippen molar-refractivity contribution in [2.45, 2.75) is 31.4 Å². The van der Waals surface area contributed by atoms with Crippen LogP contribution in [-0.4, -0.2) is 51.7 Å². The molecule has 2 aliphatic rings. The van der Waals surface area contributed by atoms with Gasteiger partial charge in [0.15, 0.2) is 0 Å². The SMILES string of the molecule is O=C1NC[C@]2(CCCN(C(=O)CCn3cnc4ccccc4c3=O)C2)O1. The van der Waals surface area contributed by atoms with Crippen LogP contribution in [0.2, 0.25) is 0 Å². The number of carbonyl (C=O) groups excluding carboxylic acids is 2. The van der Waals surface area contributed by atoms with Gasteiger partial charge in [0.2, 0.25) is 5.91 Å². The maximum Gasteiger partial charge on any atom is 0.407 e. The molecule has 2 aromatic rings. The molecule has 8 heteroatoms. The highest BCUT2D eigenvalue weighted by atomic mass is 16.6. The van der Waals surface area contributed by atoms with Gasteiger partial charge in [-0.2, -0.15) is 0 Å². The number of nitrogens with one attached hydrogen (secondary N) is 1. The van der Waals surface area contributed by atoms with Crippen molar-refractivity contribution in [3.8, 4) is 0 Å². The number of aryl methyl sites for hydroxylation is 1. The Morgan fingerprint density at radius 3 is 2.96 bits per heavy atom. The van der Waals surface area contributed by atoms with E-state index in [9.17, 15) is 14.4 Å². The van der Waals surface area contributed by atoms with Gasteiger partial charge in [-0.1, -0.05) is 12.1 Å². The molecule has 0 radical (unpaired) electrons. The van der Waals surface area contributed by atoms with Crippen molar-refractivity contribution >= 4 is 22.9 Å². The van der Waals surface area contributed by atoms with Gasteiger partial charge in [-0.05, 0) is 25.0 Å². The second-order valence-corrected chi connectivity index (χ2v) is 6.86. The lowest BCUT2D eigenvalue weighted by atomic mass is 9.93. The van der Waals surface area contributed by atoms with Gasteiger partial charge in [0.05, 0.1) is 30.3 Å². The zero-order valence-electron chi connectivity index (χ0n) is 14.3. The van der Waals surface area contributed by atoms with E-state index >= 15 is 0 Å². The first-order valence-electron chi connectivity index (χ1n) is 8.75. The molecule has 0 aliphatic carbocycles. The summed E-state index contributed by atoms with van der Waals surface area (Å²) in [7, 11) is 0. The molecule has 4 rings (SSSR count). The minimum atomic E-state index is -0.605. The Balaban J connectivity index is 1.43. The number of ether oxygens (including phenoxy) is 1. The van der Waals surface area contributed by atoms with Crippen molar-refractivity contribution in [3.63, 3.8) is 0 Å². The number of benzene rings is 1. The van der Waals surface area contributed by atoms with Gasteiger partial charge in [0.1, 0.15) is 5.60 Å². The van der Waals surface area contributed by atoms with E-state index < -0.39 is 11.7 Å². The average molecular weight is 356 g/mol. The third-order valence-electron chi connectivity index (χ3n) is 5.05. The largest absolute Gasteiger partial charge is 0.439 e. The van der Waals surface area contributed by atoms with Crippen LogP contribution in [0.3, 0.4) is 0 Å². The first-order chi connectivity index (χ1) is 12.6. The summed E-state index contributed by atoms with van der Waals surface area (Å²) in [6, 6.07) is 7.15. The van der Waals surface area contributed by atoms with E-state index in [0.29, 0.717) is 30.5 Å². The number of fused-ring (bicyclic) bond motifs is 1. The van der Waals surface area contributed by atoms with Gasteiger partial charge in [-0.25, -0.2) is 9.78 Å². The second-order valence-electron chi connectivity index (χ2n) is 6.86. The smallest absolute Gasteiger partial charge is 0.407 e. The van der Waals surface area contributed by atoms with Gasteiger partial charge in [-0.15, -0.1) is 0 Å². The van der Waals surface area contributed by atoms with E-state index in [4.69, 9.17) is 4.74 Å². The number of carbonyl (C=O) groups is 2. The van der Waals surface area contributed by atoms with Crippen molar-refractivity contribution in [1.82, 2.24) is 19.8 Å². The van der Waals surface area contributed by atoms with Crippen LogP contribution in [-0.2, 0) is 16.1 Å². The summed E-state index contributed by atoms with van der Waals surface area (Å²) in [5.74, 6) is -0.0490. The van der Waals surface area contributed by atoms with Crippen LogP contribution < -0.4 is 10.9 Å². The number of para-hydroxylation sites is 1. The number of aromatic nitrogens is 2. The maximum atomic E-state index is 12.6. The standard InChI is InChI=1S/C18H20N4O4/c23-15(21-8-3-7-18(11-21)10-19-17(25)26-18)6-9-22-12-20-14-5-2-1-4-13(14)16(22)24/h1-2,4-5,12H,3,6-11H2,(H,19,25)/t18-/m0/s1. The number of rotatable bonds is 3. The first-order valence-corrected chi connectivity index (χ1v) is 8.75. The molecule has 1 spiro atoms. The summed E-state index contributed by atoms with van der Waals surface area (Å²) >= 11 is 0. The fraction of sp³-hybridized carbons (Fsp3) is 0.444. The number of hydrogen-bond acceptors (Lipinski definition) is 5. The van der Waals surface area contributed by atoms with Crippen molar-refractivity contribution in [3.05, 3.63) is 40.9 Å². The van der Waals surface area contributed by atoms with Crippen LogP contribution in [0, 0.1) is 0 Å². The quantitative estimate of drug-likeness (QED) is 0.881. The summed E-state index contributed by atoms with van der Waals surface area (Å²) in [4.78, 5) is 42.4. The Hall–Kier alpha value is -2.90. The molecule has 1 aromatic carbocycles. The third kappa shape index (κ3) is 3.02. The van der Waals surface area contributed by atoms with Crippen LogP contribution in [0.15, 0.2) is 35.4 Å². The van der Waals surface area contributed by atoms with E-state index in [2.05, 4.69) is 10.3 Å². The lowest BCUT2D eigenvalue weighted by Gasteiger charge is -2.38. The van der Waals surface area contributed by atoms with Crippen LogP contribution >= 0.6 is 0 Å². The molecule has 2 saturated heterocycles. The lowest BCUT2D eigenvalue weighted by Crippen LogP contribution is -2.52. The molecule has 0 saturated carbocycles. The summed E-state index contributed by atoms with van der Waals surface area (Å²) < 4.78 is 6.86. The molecule has 1 N–H and O–H groups in total. The van der Waals surface area contributed by atoms with Crippen molar-refractivity contribution in [2.75, 3.05) is 19.6 Å². The van der Waals surface area contributed by atoms with Gasteiger partial charge < -0.3 is 15.0 Å². The van der Waals surface area contributed by atoms with E-state index in [-0.39, 0.29) is 24.4 Å². The molecule has 3 heterocycles. The molecule has 1 atom stereocenters. The molecular weight excluding hydrogens is 336 g/mol. The predicted molar refractivity (Wildman–Crippen MR) is 93.6 cm³/mol. The molecule has 0 bridgehead atoms. The summed E-state index contributed by atoms with van der Waals surface area (Å²) in [6.45, 7) is 1.75. The number of likely N-dealkylation sites (tertiary alicyclic amines) is 1. The zero-order valence-corrected chi connectivity index (χ0v) is 14.3. The van der Waals surface area contributed by atoms with Crippen LogP contribution in [0.4, 0.5) is 4.79 Å². The molecule has 2 fully saturated rings. The molecular formula is C18H20N4O4. The van der Waals surface area contributed by atoms with E-state index in [0.717, 1.165) is 12.8 Å². The van der Waals surface area contributed by atoms with Crippen LogP contribution in [0.1, 0.15) is 19.3 Å². The first kappa shape index (κ1) is 16.6.